The van der Waals surface area contributed by atoms with Gasteiger partial charge in [-0.3, -0.25) is 4.79 Å². The van der Waals surface area contributed by atoms with Crippen molar-refractivity contribution in [3.63, 3.8) is 0 Å². The molecule has 0 aliphatic heterocycles. The van der Waals surface area contributed by atoms with E-state index >= 15 is 0 Å². The van der Waals surface area contributed by atoms with Gasteiger partial charge >= 0.3 is 12.1 Å². The molecule has 1 amide bonds. The first kappa shape index (κ1) is 17.0. The molecule has 2 N–H and O–H groups in total. The van der Waals surface area contributed by atoms with Crippen molar-refractivity contribution in [2.45, 2.75) is 33.0 Å². The van der Waals surface area contributed by atoms with Gasteiger partial charge in [-0.25, -0.2) is 4.79 Å². The first-order valence-corrected chi connectivity index (χ1v) is 6.18. The Balaban J connectivity index is 2.55. The first-order chi connectivity index (χ1) is 9.53. The van der Waals surface area contributed by atoms with Gasteiger partial charge in [-0.2, -0.15) is 13.2 Å². The van der Waals surface area contributed by atoms with Crippen LogP contribution in [0.15, 0.2) is 24.3 Å². The molecule has 21 heavy (non-hydrogen) atoms. The highest BCUT2D eigenvalue weighted by Gasteiger charge is 2.48. The summed E-state index contributed by atoms with van der Waals surface area (Å²) in [6, 6.07) is 5.73. The van der Waals surface area contributed by atoms with E-state index in [9.17, 15) is 22.8 Å². The van der Waals surface area contributed by atoms with Crippen LogP contribution in [0.1, 0.15) is 36.2 Å². The maximum atomic E-state index is 12.6. The van der Waals surface area contributed by atoms with Gasteiger partial charge < -0.3 is 10.4 Å². The topological polar surface area (TPSA) is 66.4 Å². The fraction of sp³-hybridized carbons (Fsp3) is 0.429. The zero-order valence-electron chi connectivity index (χ0n) is 11.6. The van der Waals surface area contributed by atoms with E-state index in [0.717, 1.165) is 13.8 Å². The molecule has 0 unspecified atom stereocenters. The van der Waals surface area contributed by atoms with Gasteiger partial charge in [0.25, 0.3) is 0 Å². The second kappa shape index (κ2) is 6.15. The lowest BCUT2D eigenvalue weighted by atomic mass is 9.88. The van der Waals surface area contributed by atoms with Crippen molar-refractivity contribution in [1.82, 2.24) is 5.32 Å². The predicted molar refractivity (Wildman–Crippen MR) is 69.7 cm³/mol. The minimum atomic E-state index is -4.45. The van der Waals surface area contributed by atoms with Crippen molar-refractivity contribution in [2.75, 3.05) is 0 Å². The fourth-order valence-corrected chi connectivity index (χ4v) is 1.53. The number of rotatable bonds is 5. The zero-order chi connectivity index (χ0) is 16.3. The Hall–Kier alpha value is -2.05. The van der Waals surface area contributed by atoms with E-state index < -0.39 is 29.9 Å². The first-order valence-electron chi connectivity index (χ1n) is 6.18. The second-order valence-electron chi connectivity index (χ2n) is 5.34. The molecule has 116 valence electrons. The number of nitrogens with one attached hydrogen (secondary N) is 1. The number of carbonyl (C=O) groups is 2. The number of hydrogen-bond acceptors (Lipinski definition) is 2. The van der Waals surface area contributed by atoms with Crippen molar-refractivity contribution in [3.8, 4) is 0 Å². The van der Waals surface area contributed by atoms with Crippen LogP contribution in [0.2, 0.25) is 0 Å². The SMILES string of the molecule is CC(C)(CC(=O)NCc1ccc(C(=O)O)cc1)C(F)(F)F. The molecule has 0 radical (unpaired) electrons. The molecule has 4 nitrogen and oxygen atoms in total. The van der Waals surface area contributed by atoms with Crippen LogP contribution in [-0.2, 0) is 11.3 Å². The standard InChI is InChI=1S/C14H16F3NO3/c1-13(2,14(15,16)17)7-11(19)18-8-9-3-5-10(6-4-9)12(20)21/h3-6H,7-8H2,1-2H3,(H,18,19)(H,20,21). The molecule has 0 aromatic heterocycles. The van der Waals surface area contributed by atoms with E-state index in [1.54, 1.807) is 0 Å². The van der Waals surface area contributed by atoms with Gasteiger partial charge in [0, 0.05) is 13.0 Å². The molecule has 1 aromatic carbocycles. The van der Waals surface area contributed by atoms with Crippen LogP contribution in [0.25, 0.3) is 0 Å². The number of alkyl halides is 3. The highest BCUT2D eigenvalue weighted by molar-refractivity contribution is 5.87. The third-order valence-corrected chi connectivity index (χ3v) is 3.06. The quantitative estimate of drug-likeness (QED) is 0.879. The molecule has 1 rings (SSSR count). The zero-order valence-corrected chi connectivity index (χ0v) is 11.6. The maximum Gasteiger partial charge on any atom is 0.394 e. The lowest BCUT2D eigenvalue weighted by Crippen LogP contribution is -2.37. The normalized spacial score (nSPS) is 12.0. The Labute approximate surface area is 120 Å². The maximum absolute atomic E-state index is 12.6. The van der Waals surface area contributed by atoms with Crippen molar-refractivity contribution >= 4 is 11.9 Å². The summed E-state index contributed by atoms with van der Waals surface area (Å²) >= 11 is 0. The minimum Gasteiger partial charge on any atom is -0.478 e. The lowest BCUT2D eigenvalue weighted by Gasteiger charge is -2.26. The molecule has 0 saturated heterocycles. The number of carboxylic acid groups (broad SMARTS) is 1. The summed E-state index contributed by atoms with van der Waals surface area (Å²) in [5.41, 5.74) is -1.38. The van der Waals surface area contributed by atoms with Gasteiger partial charge in [-0.05, 0) is 17.7 Å². The van der Waals surface area contributed by atoms with Crippen molar-refractivity contribution < 1.29 is 27.9 Å². The van der Waals surface area contributed by atoms with E-state index in [1.165, 1.54) is 24.3 Å². The summed E-state index contributed by atoms with van der Waals surface area (Å²) in [6.07, 6.45) is -5.11. The van der Waals surface area contributed by atoms with E-state index in [2.05, 4.69) is 5.32 Å². The molecule has 1 aromatic rings. The molecule has 0 heterocycles. The second-order valence-corrected chi connectivity index (χ2v) is 5.34. The Morgan fingerprint density at radius 3 is 2.10 bits per heavy atom. The van der Waals surface area contributed by atoms with Gasteiger partial charge in [0.05, 0.1) is 11.0 Å². The van der Waals surface area contributed by atoms with Crippen LogP contribution >= 0.6 is 0 Å². The van der Waals surface area contributed by atoms with Crippen molar-refractivity contribution in [2.24, 2.45) is 5.41 Å². The van der Waals surface area contributed by atoms with E-state index in [4.69, 9.17) is 5.11 Å². The number of carbonyl (C=O) groups excluding carboxylic acids is 1. The van der Waals surface area contributed by atoms with Gasteiger partial charge in [0.15, 0.2) is 0 Å². The third kappa shape index (κ3) is 4.77. The molecular formula is C14H16F3NO3. The monoisotopic (exact) mass is 303 g/mol. The Kier molecular flexibility index (Phi) is 4.98. The van der Waals surface area contributed by atoms with Gasteiger partial charge in [0.1, 0.15) is 0 Å². The summed E-state index contributed by atoms with van der Waals surface area (Å²) in [6.45, 7) is 1.98. The highest BCUT2D eigenvalue weighted by Crippen LogP contribution is 2.40. The van der Waals surface area contributed by atoms with Crippen molar-refractivity contribution in [3.05, 3.63) is 35.4 Å². The van der Waals surface area contributed by atoms with E-state index in [0.29, 0.717) is 5.56 Å². The number of benzene rings is 1. The Bertz CT molecular complexity index is 521. The number of hydrogen-bond donors (Lipinski definition) is 2. The van der Waals surface area contributed by atoms with Crippen LogP contribution < -0.4 is 5.32 Å². The van der Waals surface area contributed by atoms with Crippen LogP contribution in [0, 0.1) is 5.41 Å². The molecule has 0 fully saturated rings. The fourth-order valence-electron chi connectivity index (χ4n) is 1.53. The summed E-state index contributed by atoms with van der Waals surface area (Å²) < 4.78 is 37.9. The number of aromatic carboxylic acids is 1. The van der Waals surface area contributed by atoms with Gasteiger partial charge in [-0.15, -0.1) is 0 Å². The predicted octanol–water partition coefficient (Wildman–Crippen LogP) is 2.98. The van der Waals surface area contributed by atoms with Crippen LogP contribution in [0.4, 0.5) is 13.2 Å². The highest BCUT2D eigenvalue weighted by atomic mass is 19.4. The molecular weight excluding hydrogens is 287 g/mol. The smallest absolute Gasteiger partial charge is 0.394 e. The summed E-state index contributed by atoms with van der Waals surface area (Å²) in [7, 11) is 0. The molecule has 0 saturated carbocycles. The summed E-state index contributed by atoms with van der Waals surface area (Å²) in [5.74, 6) is -1.78. The lowest BCUT2D eigenvalue weighted by molar-refractivity contribution is -0.213. The molecule has 0 aliphatic carbocycles. The van der Waals surface area contributed by atoms with Crippen LogP contribution in [-0.4, -0.2) is 23.2 Å². The molecule has 0 atom stereocenters. The molecule has 0 bridgehead atoms. The van der Waals surface area contributed by atoms with E-state index in [-0.39, 0.29) is 12.1 Å². The van der Waals surface area contributed by atoms with Gasteiger partial charge in [-0.1, -0.05) is 26.0 Å². The largest absolute Gasteiger partial charge is 0.478 e. The average Bonchev–Trinajstić information content (AvgIpc) is 2.35. The van der Waals surface area contributed by atoms with E-state index in [1.807, 2.05) is 0 Å². The van der Waals surface area contributed by atoms with Crippen LogP contribution in [0.3, 0.4) is 0 Å². The molecule has 0 spiro atoms. The number of carboxylic acids is 1. The number of halogens is 3. The summed E-state index contributed by atoms with van der Waals surface area (Å²) in [5, 5.41) is 11.1. The average molecular weight is 303 g/mol. The minimum absolute atomic E-state index is 0.0483. The Morgan fingerprint density at radius 1 is 1.14 bits per heavy atom. The van der Waals surface area contributed by atoms with Crippen LogP contribution in [0.5, 0.6) is 0 Å². The number of amides is 1. The van der Waals surface area contributed by atoms with Crippen molar-refractivity contribution in [1.29, 1.82) is 0 Å². The summed E-state index contributed by atoms with van der Waals surface area (Å²) in [4.78, 5) is 22.2. The molecule has 0 aliphatic rings. The van der Waals surface area contributed by atoms with Gasteiger partial charge in [0.2, 0.25) is 5.91 Å². The Morgan fingerprint density at radius 2 is 1.67 bits per heavy atom. The third-order valence-electron chi connectivity index (χ3n) is 3.06. The molecule has 7 heteroatoms.